The van der Waals surface area contributed by atoms with E-state index in [1.807, 2.05) is 6.07 Å². The lowest BCUT2D eigenvalue weighted by atomic mass is 9.84. The average Bonchev–Trinajstić information content (AvgIpc) is 3.16. The molecular formula is C23H26F3N3OS. The minimum Gasteiger partial charge on any atom is -0.322 e. The molecule has 1 fully saturated rings. The van der Waals surface area contributed by atoms with Gasteiger partial charge in [0.05, 0.1) is 18.7 Å². The Labute approximate surface area is 186 Å². The van der Waals surface area contributed by atoms with Crippen molar-refractivity contribution in [1.29, 1.82) is 5.26 Å². The molecule has 0 radical (unpaired) electrons. The molecule has 1 aliphatic heterocycles. The second-order valence-electron chi connectivity index (χ2n) is 7.30. The number of rotatable bonds is 5. The van der Waals surface area contributed by atoms with Gasteiger partial charge >= 0.3 is 0 Å². The zero-order chi connectivity index (χ0) is 23.0. The SMILES string of the molecule is CCCS.N#CC1CC(F)CN1C(=O)C(N)C(c1ccc(F)cc1)c1ccc(F)cc1. The smallest absolute Gasteiger partial charge is 0.241 e. The second-order valence-corrected chi connectivity index (χ2v) is 7.75. The van der Waals surface area contributed by atoms with Crippen molar-refractivity contribution in [3.05, 3.63) is 71.3 Å². The van der Waals surface area contributed by atoms with Crippen molar-refractivity contribution in [2.75, 3.05) is 12.3 Å². The van der Waals surface area contributed by atoms with Gasteiger partial charge in [-0.15, -0.1) is 0 Å². The first-order valence-corrected chi connectivity index (χ1v) is 10.7. The fourth-order valence-electron chi connectivity index (χ4n) is 3.43. The third-order valence-electron chi connectivity index (χ3n) is 5.01. The summed E-state index contributed by atoms with van der Waals surface area (Å²) in [5, 5.41) is 9.18. The highest BCUT2D eigenvalue weighted by molar-refractivity contribution is 7.80. The van der Waals surface area contributed by atoms with Crippen molar-refractivity contribution in [3.8, 4) is 6.07 Å². The minimum atomic E-state index is -1.28. The lowest BCUT2D eigenvalue weighted by Crippen LogP contribution is -2.49. The Balaban J connectivity index is 0.000000785. The maximum atomic E-state index is 13.7. The van der Waals surface area contributed by atoms with Crippen LogP contribution in [0.5, 0.6) is 0 Å². The summed E-state index contributed by atoms with van der Waals surface area (Å²) in [6, 6.07) is 10.9. The molecule has 1 amide bonds. The Morgan fingerprint density at radius 2 is 1.61 bits per heavy atom. The summed E-state index contributed by atoms with van der Waals surface area (Å²) in [7, 11) is 0. The second kappa shape index (κ2) is 11.8. The number of benzene rings is 2. The number of amides is 1. The summed E-state index contributed by atoms with van der Waals surface area (Å²) < 4.78 is 40.3. The number of alkyl halides is 1. The van der Waals surface area contributed by atoms with Crippen molar-refractivity contribution in [1.82, 2.24) is 4.90 Å². The van der Waals surface area contributed by atoms with Gasteiger partial charge in [-0.25, -0.2) is 13.2 Å². The number of halogens is 3. The molecular weight excluding hydrogens is 423 g/mol. The molecule has 0 aromatic heterocycles. The van der Waals surface area contributed by atoms with Gasteiger partial charge in [0.25, 0.3) is 0 Å². The Kier molecular flexibility index (Phi) is 9.41. The van der Waals surface area contributed by atoms with Crippen LogP contribution in [-0.2, 0) is 4.79 Å². The number of carbonyl (C=O) groups is 1. The van der Waals surface area contributed by atoms with E-state index in [1.54, 1.807) is 0 Å². The van der Waals surface area contributed by atoms with E-state index in [1.165, 1.54) is 55.0 Å². The first kappa shape index (κ1) is 24.8. The van der Waals surface area contributed by atoms with Gasteiger partial charge in [-0.1, -0.05) is 31.2 Å². The van der Waals surface area contributed by atoms with Crippen molar-refractivity contribution in [2.24, 2.45) is 5.73 Å². The monoisotopic (exact) mass is 449 g/mol. The van der Waals surface area contributed by atoms with Crippen LogP contribution in [0.3, 0.4) is 0 Å². The number of nitrogens with two attached hydrogens (primary N) is 1. The summed E-state index contributed by atoms with van der Waals surface area (Å²) in [6.07, 6.45) is -0.142. The van der Waals surface area contributed by atoms with Crippen LogP contribution in [0, 0.1) is 23.0 Å². The Morgan fingerprint density at radius 3 is 2.00 bits per heavy atom. The van der Waals surface area contributed by atoms with Crippen molar-refractivity contribution in [3.63, 3.8) is 0 Å². The van der Waals surface area contributed by atoms with E-state index in [2.05, 4.69) is 19.6 Å². The van der Waals surface area contributed by atoms with E-state index < -0.39 is 41.7 Å². The van der Waals surface area contributed by atoms with E-state index >= 15 is 0 Å². The summed E-state index contributed by atoms with van der Waals surface area (Å²) in [5.41, 5.74) is 7.36. The first-order valence-electron chi connectivity index (χ1n) is 10.0. The summed E-state index contributed by atoms with van der Waals surface area (Å²) >= 11 is 3.92. The predicted molar refractivity (Wildman–Crippen MR) is 117 cm³/mol. The molecule has 2 aromatic carbocycles. The number of hydrogen-bond acceptors (Lipinski definition) is 4. The van der Waals surface area contributed by atoms with Crippen LogP contribution in [0.15, 0.2) is 48.5 Å². The van der Waals surface area contributed by atoms with Gasteiger partial charge in [0.1, 0.15) is 23.8 Å². The molecule has 1 heterocycles. The van der Waals surface area contributed by atoms with Crippen LogP contribution in [0.2, 0.25) is 0 Å². The van der Waals surface area contributed by atoms with Crippen LogP contribution in [-0.4, -0.2) is 41.4 Å². The number of carbonyl (C=O) groups excluding carboxylic acids is 1. The van der Waals surface area contributed by atoms with Crippen molar-refractivity contribution < 1.29 is 18.0 Å². The molecule has 0 spiro atoms. The number of likely N-dealkylation sites (tertiary alicyclic amines) is 1. The molecule has 3 atom stereocenters. The highest BCUT2D eigenvalue weighted by atomic mass is 32.1. The van der Waals surface area contributed by atoms with Crippen LogP contribution < -0.4 is 5.73 Å². The van der Waals surface area contributed by atoms with Crippen molar-refractivity contribution in [2.45, 2.75) is 43.9 Å². The number of hydrogen-bond donors (Lipinski definition) is 2. The van der Waals surface area contributed by atoms with E-state index in [9.17, 15) is 23.2 Å². The molecule has 31 heavy (non-hydrogen) atoms. The third-order valence-corrected chi connectivity index (χ3v) is 5.46. The van der Waals surface area contributed by atoms with Crippen LogP contribution in [0.4, 0.5) is 13.2 Å². The zero-order valence-electron chi connectivity index (χ0n) is 17.2. The van der Waals surface area contributed by atoms with Gasteiger partial charge < -0.3 is 10.6 Å². The van der Waals surface area contributed by atoms with E-state index in [4.69, 9.17) is 5.73 Å². The fourth-order valence-corrected chi connectivity index (χ4v) is 3.43. The topological polar surface area (TPSA) is 70.1 Å². The third kappa shape index (κ3) is 6.49. The molecule has 2 aromatic rings. The highest BCUT2D eigenvalue weighted by Gasteiger charge is 2.40. The lowest BCUT2D eigenvalue weighted by molar-refractivity contribution is -0.133. The van der Waals surface area contributed by atoms with Gasteiger partial charge in [0.2, 0.25) is 5.91 Å². The standard InChI is InChI=1S/C20H18F3N3O.C3H8S/c21-14-5-1-12(2-6-14)18(13-3-7-15(22)8-4-13)19(25)20(27)26-11-16(23)9-17(26)10-24;1-2-3-4/h1-8,16-19H,9,11,25H2;4H,2-3H2,1H3. The van der Waals surface area contributed by atoms with Crippen LogP contribution in [0.25, 0.3) is 0 Å². The normalized spacial score (nSPS) is 18.8. The molecule has 0 saturated carbocycles. The Morgan fingerprint density at radius 1 is 1.16 bits per heavy atom. The maximum Gasteiger partial charge on any atom is 0.241 e. The van der Waals surface area contributed by atoms with Gasteiger partial charge in [-0.05, 0) is 47.6 Å². The predicted octanol–water partition coefficient (Wildman–Crippen LogP) is 4.21. The maximum absolute atomic E-state index is 13.7. The summed E-state index contributed by atoms with van der Waals surface area (Å²) in [6.45, 7) is 1.91. The quantitative estimate of drug-likeness (QED) is 0.672. The van der Waals surface area contributed by atoms with Gasteiger partial charge in [-0.2, -0.15) is 17.9 Å². The van der Waals surface area contributed by atoms with E-state index in [-0.39, 0.29) is 13.0 Å². The Bertz CT molecular complexity index is 839. The molecule has 3 unspecified atom stereocenters. The molecule has 4 nitrogen and oxygen atoms in total. The zero-order valence-corrected chi connectivity index (χ0v) is 18.1. The molecule has 166 valence electrons. The van der Waals surface area contributed by atoms with Crippen LogP contribution >= 0.6 is 12.6 Å². The number of nitriles is 1. The largest absolute Gasteiger partial charge is 0.322 e. The van der Waals surface area contributed by atoms with Crippen molar-refractivity contribution >= 4 is 18.5 Å². The van der Waals surface area contributed by atoms with Gasteiger partial charge in [0, 0.05) is 12.3 Å². The highest BCUT2D eigenvalue weighted by Crippen LogP contribution is 2.30. The Hall–Kier alpha value is -2.50. The van der Waals surface area contributed by atoms with Crippen LogP contribution in [0.1, 0.15) is 36.8 Å². The molecule has 8 heteroatoms. The fraction of sp³-hybridized carbons (Fsp3) is 0.391. The van der Waals surface area contributed by atoms with E-state index in [0.29, 0.717) is 11.1 Å². The molecule has 1 saturated heterocycles. The summed E-state index contributed by atoms with van der Waals surface area (Å²) in [4.78, 5) is 14.1. The first-order chi connectivity index (χ1) is 14.8. The molecule has 0 aliphatic carbocycles. The molecule has 3 rings (SSSR count). The average molecular weight is 450 g/mol. The lowest BCUT2D eigenvalue weighted by Gasteiger charge is -2.29. The molecule has 2 N–H and O–H groups in total. The number of thiol groups is 1. The molecule has 0 bridgehead atoms. The van der Waals surface area contributed by atoms with E-state index in [0.717, 1.165) is 10.7 Å². The minimum absolute atomic E-state index is 0.0489. The number of nitrogens with zero attached hydrogens (tertiary/aromatic N) is 2. The van der Waals surface area contributed by atoms with Gasteiger partial charge in [-0.3, -0.25) is 4.79 Å². The molecule has 1 aliphatic rings. The summed E-state index contributed by atoms with van der Waals surface area (Å²) in [5.74, 6) is -1.14. The van der Waals surface area contributed by atoms with Gasteiger partial charge in [0.15, 0.2) is 0 Å².